The van der Waals surface area contributed by atoms with E-state index in [4.69, 9.17) is 4.74 Å². The van der Waals surface area contributed by atoms with Gasteiger partial charge in [-0.2, -0.15) is 0 Å². The molecule has 0 aromatic heterocycles. The van der Waals surface area contributed by atoms with Gasteiger partial charge in [0, 0.05) is 18.0 Å². The maximum Gasteiger partial charge on any atom is 0.167 e. The summed E-state index contributed by atoms with van der Waals surface area (Å²) in [6.07, 6.45) is 0.819. The fourth-order valence-corrected chi connectivity index (χ4v) is 3.84. The quantitative estimate of drug-likeness (QED) is 0.425. The lowest BCUT2D eigenvalue weighted by atomic mass is 9.77. The van der Waals surface area contributed by atoms with Crippen molar-refractivity contribution >= 4 is 18.2 Å². The molecule has 0 fully saturated rings. The third kappa shape index (κ3) is 6.19. The van der Waals surface area contributed by atoms with Crippen molar-refractivity contribution in [3.05, 3.63) is 102 Å². The minimum Gasteiger partial charge on any atom is -0.497 e. The van der Waals surface area contributed by atoms with E-state index < -0.39 is 0 Å². The van der Waals surface area contributed by atoms with E-state index in [0.717, 1.165) is 6.42 Å². The molecule has 0 N–H and O–H groups in total. The third-order valence-corrected chi connectivity index (χ3v) is 5.26. The van der Waals surface area contributed by atoms with Gasteiger partial charge in [-0.25, -0.2) is 0 Å². The van der Waals surface area contributed by atoms with Gasteiger partial charge in [0.2, 0.25) is 0 Å². The number of carbonyl (C=O) groups is 1. The molecule has 0 aliphatic rings. The van der Waals surface area contributed by atoms with Crippen LogP contribution in [0.3, 0.4) is 0 Å². The molecule has 0 aliphatic carbocycles. The molecule has 3 aromatic carbocycles. The lowest BCUT2D eigenvalue weighted by molar-refractivity contribution is 0.0871. The number of carbonyl (C=O) groups excluding carboxylic acids is 1. The Bertz CT molecular complexity index is 913. The van der Waals surface area contributed by atoms with Gasteiger partial charge < -0.3 is 9.64 Å². The lowest BCUT2D eigenvalue weighted by Crippen LogP contribution is -2.33. The van der Waals surface area contributed by atoms with Crippen molar-refractivity contribution in [3.8, 4) is 5.75 Å². The number of hydrogen-bond acceptors (Lipinski definition) is 3. The van der Waals surface area contributed by atoms with Crippen LogP contribution < -0.4 is 4.74 Å². The molecule has 2 atom stereocenters. The summed E-state index contributed by atoms with van der Waals surface area (Å²) in [5.74, 6) is 0.778. The normalized spacial score (nSPS) is 12.7. The van der Waals surface area contributed by atoms with Crippen LogP contribution in [-0.4, -0.2) is 38.4 Å². The standard InChI is InChI=1S/C26H29NO2.ClH/c1-27(2)19-25(26(28)22-15-10-16-23(18-22)29-3)24(21-13-8-5-9-14-21)17-20-11-6-4-7-12-20;/h4-16,18,24-25H,17,19H2,1-3H3;1H. The summed E-state index contributed by atoms with van der Waals surface area (Å²) in [7, 11) is 5.68. The fourth-order valence-electron chi connectivity index (χ4n) is 3.84. The second-order valence-electron chi connectivity index (χ2n) is 7.67. The molecule has 0 radical (unpaired) electrons. The summed E-state index contributed by atoms with van der Waals surface area (Å²) >= 11 is 0. The van der Waals surface area contributed by atoms with Gasteiger partial charge in [0.05, 0.1) is 7.11 Å². The Labute approximate surface area is 186 Å². The summed E-state index contributed by atoms with van der Waals surface area (Å²) in [5, 5.41) is 0. The summed E-state index contributed by atoms with van der Waals surface area (Å²) in [5.41, 5.74) is 3.13. The monoisotopic (exact) mass is 423 g/mol. The average Bonchev–Trinajstić information content (AvgIpc) is 2.77. The van der Waals surface area contributed by atoms with Crippen molar-refractivity contribution in [2.45, 2.75) is 12.3 Å². The second-order valence-corrected chi connectivity index (χ2v) is 7.67. The Balaban J connectivity index is 0.00000320. The molecule has 0 spiro atoms. The van der Waals surface area contributed by atoms with Gasteiger partial charge in [0.25, 0.3) is 0 Å². The van der Waals surface area contributed by atoms with Crippen LogP contribution in [0.4, 0.5) is 0 Å². The first-order valence-electron chi connectivity index (χ1n) is 10.0. The molecule has 0 aliphatic heterocycles. The zero-order chi connectivity index (χ0) is 20.6. The number of benzene rings is 3. The smallest absolute Gasteiger partial charge is 0.167 e. The molecule has 2 unspecified atom stereocenters. The number of Topliss-reactive ketones (excluding diaryl/α,β-unsaturated/α-hetero) is 1. The van der Waals surface area contributed by atoms with Crippen molar-refractivity contribution in [1.29, 1.82) is 0 Å². The summed E-state index contributed by atoms with van der Waals surface area (Å²) in [6, 6.07) is 28.3. The molecule has 0 amide bonds. The second kappa shape index (κ2) is 11.5. The predicted molar refractivity (Wildman–Crippen MR) is 126 cm³/mol. The Morgan fingerprint density at radius 2 is 1.53 bits per heavy atom. The Morgan fingerprint density at radius 3 is 2.13 bits per heavy atom. The first-order chi connectivity index (χ1) is 14.1. The van der Waals surface area contributed by atoms with Crippen molar-refractivity contribution in [2.24, 2.45) is 5.92 Å². The average molecular weight is 424 g/mol. The molecule has 30 heavy (non-hydrogen) atoms. The molecule has 4 heteroatoms. The number of ketones is 1. The molecule has 0 saturated heterocycles. The summed E-state index contributed by atoms with van der Waals surface area (Å²) in [6.45, 7) is 0.683. The van der Waals surface area contributed by atoms with E-state index in [1.54, 1.807) is 7.11 Å². The molecule has 3 nitrogen and oxygen atoms in total. The van der Waals surface area contributed by atoms with E-state index >= 15 is 0 Å². The molecular weight excluding hydrogens is 394 g/mol. The van der Waals surface area contributed by atoms with Crippen LogP contribution >= 0.6 is 12.4 Å². The number of halogens is 1. The molecular formula is C26H30ClNO2. The van der Waals surface area contributed by atoms with Crippen LogP contribution in [0.2, 0.25) is 0 Å². The van der Waals surface area contributed by atoms with Gasteiger partial charge in [-0.15, -0.1) is 12.4 Å². The number of rotatable bonds is 9. The highest BCUT2D eigenvalue weighted by molar-refractivity contribution is 5.99. The molecule has 158 valence electrons. The maximum absolute atomic E-state index is 13.7. The van der Waals surface area contributed by atoms with E-state index in [1.165, 1.54) is 11.1 Å². The third-order valence-electron chi connectivity index (χ3n) is 5.26. The van der Waals surface area contributed by atoms with E-state index in [2.05, 4.69) is 53.4 Å². The topological polar surface area (TPSA) is 29.5 Å². The van der Waals surface area contributed by atoms with Crippen LogP contribution in [0.1, 0.15) is 27.4 Å². The van der Waals surface area contributed by atoms with Gasteiger partial charge in [-0.3, -0.25) is 4.79 Å². The number of methoxy groups -OCH3 is 1. The predicted octanol–water partition coefficient (Wildman–Crippen LogP) is 5.50. The largest absolute Gasteiger partial charge is 0.497 e. The molecule has 0 bridgehead atoms. The van der Waals surface area contributed by atoms with Crippen molar-refractivity contribution in [3.63, 3.8) is 0 Å². The highest BCUT2D eigenvalue weighted by atomic mass is 35.5. The SMILES string of the molecule is COc1cccc(C(=O)C(CN(C)C)C(Cc2ccccc2)c2ccccc2)c1.Cl. The number of hydrogen-bond donors (Lipinski definition) is 0. The molecule has 3 rings (SSSR count). The van der Waals surface area contributed by atoms with Crippen LogP contribution in [0.25, 0.3) is 0 Å². The highest BCUT2D eigenvalue weighted by Gasteiger charge is 2.31. The Kier molecular flexibility index (Phi) is 9.10. The minimum atomic E-state index is -0.167. The highest BCUT2D eigenvalue weighted by Crippen LogP contribution is 2.32. The van der Waals surface area contributed by atoms with E-state index in [1.807, 2.05) is 50.5 Å². The Morgan fingerprint density at radius 1 is 0.900 bits per heavy atom. The van der Waals surface area contributed by atoms with Gasteiger partial charge in [-0.1, -0.05) is 72.8 Å². The zero-order valence-electron chi connectivity index (χ0n) is 17.8. The molecule has 0 saturated carbocycles. The lowest BCUT2D eigenvalue weighted by Gasteiger charge is -2.29. The van der Waals surface area contributed by atoms with Crippen LogP contribution in [0.5, 0.6) is 5.75 Å². The van der Waals surface area contributed by atoms with Gasteiger partial charge in [0.1, 0.15) is 5.75 Å². The zero-order valence-corrected chi connectivity index (χ0v) is 18.6. The van der Waals surface area contributed by atoms with Crippen LogP contribution in [0.15, 0.2) is 84.9 Å². The first-order valence-corrected chi connectivity index (χ1v) is 10.0. The maximum atomic E-state index is 13.7. The van der Waals surface area contributed by atoms with Crippen LogP contribution in [-0.2, 0) is 6.42 Å². The van der Waals surface area contributed by atoms with E-state index in [0.29, 0.717) is 17.9 Å². The summed E-state index contributed by atoms with van der Waals surface area (Å²) in [4.78, 5) is 15.8. The van der Waals surface area contributed by atoms with Gasteiger partial charge in [-0.05, 0) is 49.7 Å². The van der Waals surface area contributed by atoms with Gasteiger partial charge in [0.15, 0.2) is 5.78 Å². The van der Waals surface area contributed by atoms with Crippen molar-refractivity contribution in [2.75, 3.05) is 27.7 Å². The van der Waals surface area contributed by atoms with Gasteiger partial charge >= 0.3 is 0 Å². The van der Waals surface area contributed by atoms with E-state index in [9.17, 15) is 4.79 Å². The Hall–Kier alpha value is -2.62. The van der Waals surface area contributed by atoms with Crippen LogP contribution in [0, 0.1) is 5.92 Å². The van der Waals surface area contributed by atoms with Crippen molar-refractivity contribution in [1.82, 2.24) is 4.90 Å². The number of nitrogens with zero attached hydrogens (tertiary/aromatic N) is 1. The van der Waals surface area contributed by atoms with E-state index in [-0.39, 0.29) is 30.0 Å². The first kappa shape index (κ1) is 23.7. The molecule has 0 heterocycles. The fraction of sp³-hybridized carbons (Fsp3) is 0.269. The summed E-state index contributed by atoms with van der Waals surface area (Å²) < 4.78 is 5.34. The number of ether oxygens (including phenoxy) is 1. The minimum absolute atomic E-state index is 0. The van der Waals surface area contributed by atoms with Crippen molar-refractivity contribution < 1.29 is 9.53 Å². The molecule has 3 aromatic rings.